The number of hydrogen-bond donors (Lipinski definition) is 2. The SMILES string of the molecule is CC(O)c1ccc(N2CCOCC2CO)cc1Br. The molecular weight excluding hydrogens is 298 g/mol. The molecule has 1 aromatic carbocycles. The molecule has 5 heteroatoms. The lowest BCUT2D eigenvalue weighted by Gasteiger charge is -2.36. The fraction of sp³-hybridized carbons (Fsp3) is 0.538. The Morgan fingerprint density at radius 1 is 1.56 bits per heavy atom. The van der Waals surface area contributed by atoms with Crippen molar-refractivity contribution < 1.29 is 14.9 Å². The number of morpholine rings is 1. The van der Waals surface area contributed by atoms with Crippen LogP contribution in [-0.4, -0.2) is 42.6 Å². The normalized spacial score (nSPS) is 22.0. The van der Waals surface area contributed by atoms with Gasteiger partial charge in [0.25, 0.3) is 0 Å². The van der Waals surface area contributed by atoms with Crippen LogP contribution in [0.2, 0.25) is 0 Å². The number of aliphatic hydroxyl groups is 2. The van der Waals surface area contributed by atoms with Crippen molar-refractivity contribution in [1.29, 1.82) is 0 Å². The molecule has 0 bridgehead atoms. The van der Waals surface area contributed by atoms with Crippen LogP contribution in [0.1, 0.15) is 18.6 Å². The van der Waals surface area contributed by atoms with E-state index in [0.29, 0.717) is 13.2 Å². The number of ether oxygens (including phenoxy) is 1. The second-order valence-electron chi connectivity index (χ2n) is 4.49. The van der Waals surface area contributed by atoms with E-state index in [4.69, 9.17) is 4.74 Å². The summed E-state index contributed by atoms with van der Waals surface area (Å²) in [6, 6.07) is 5.87. The molecule has 1 aliphatic heterocycles. The molecule has 2 N–H and O–H groups in total. The molecule has 2 atom stereocenters. The van der Waals surface area contributed by atoms with Gasteiger partial charge in [0, 0.05) is 16.7 Å². The predicted molar refractivity (Wildman–Crippen MR) is 73.8 cm³/mol. The second kappa shape index (κ2) is 6.02. The van der Waals surface area contributed by atoms with Crippen LogP contribution in [0, 0.1) is 0 Å². The first-order valence-electron chi connectivity index (χ1n) is 6.06. The fourth-order valence-electron chi connectivity index (χ4n) is 2.18. The van der Waals surface area contributed by atoms with E-state index in [9.17, 15) is 10.2 Å². The highest BCUT2D eigenvalue weighted by atomic mass is 79.9. The van der Waals surface area contributed by atoms with Crippen LogP contribution in [0.15, 0.2) is 22.7 Å². The zero-order chi connectivity index (χ0) is 13.1. The third-order valence-electron chi connectivity index (χ3n) is 3.20. The molecule has 1 aliphatic rings. The summed E-state index contributed by atoms with van der Waals surface area (Å²) < 4.78 is 6.25. The Hall–Kier alpha value is -0.620. The van der Waals surface area contributed by atoms with Crippen molar-refractivity contribution in [1.82, 2.24) is 0 Å². The van der Waals surface area contributed by atoms with E-state index < -0.39 is 6.10 Å². The lowest BCUT2D eigenvalue weighted by Crippen LogP contribution is -2.47. The van der Waals surface area contributed by atoms with Crippen molar-refractivity contribution in [2.45, 2.75) is 19.1 Å². The summed E-state index contributed by atoms with van der Waals surface area (Å²) in [5, 5.41) is 19.0. The van der Waals surface area contributed by atoms with Gasteiger partial charge in [0.05, 0.1) is 32.0 Å². The topological polar surface area (TPSA) is 52.9 Å². The molecule has 2 unspecified atom stereocenters. The zero-order valence-electron chi connectivity index (χ0n) is 10.3. The number of benzene rings is 1. The largest absolute Gasteiger partial charge is 0.394 e. The summed E-state index contributed by atoms with van der Waals surface area (Å²) in [5.74, 6) is 0. The van der Waals surface area contributed by atoms with E-state index >= 15 is 0 Å². The number of anilines is 1. The average molecular weight is 316 g/mol. The molecule has 0 radical (unpaired) electrons. The quantitative estimate of drug-likeness (QED) is 0.891. The molecule has 0 saturated carbocycles. The molecule has 0 aromatic heterocycles. The van der Waals surface area contributed by atoms with Crippen LogP contribution in [0.3, 0.4) is 0 Å². The van der Waals surface area contributed by atoms with Crippen LogP contribution in [-0.2, 0) is 4.74 Å². The Balaban J connectivity index is 2.24. The van der Waals surface area contributed by atoms with Gasteiger partial charge in [0.2, 0.25) is 0 Å². The number of aliphatic hydroxyl groups excluding tert-OH is 2. The molecule has 0 spiro atoms. The van der Waals surface area contributed by atoms with Gasteiger partial charge in [0.15, 0.2) is 0 Å². The third kappa shape index (κ3) is 2.85. The van der Waals surface area contributed by atoms with Gasteiger partial charge in [-0.3, -0.25) is 0 Å². The first-order chi connectivity index (χ1) is 8.63. The zero-order valence-corrected chi connectivity index (χ0v) is 11.9. The standard InChI is InChI=1S/C13H18BrNO3/c1-9(17)12-3-2-10(6-13(12)14)15-4-5-18-8-11(15)7-16/h2-3,6,9,11,16-17H,4-5,7-8H2,1H3. The Bertz CT molecular complexity index is 411. The molecular formula is C13H18BrNO3. The van der Waals surface area contributed by atoms with Crippen LogP contribution in [0.25, 0.3) is 0 Å². The summed E-state index contributed by atoms with van der Waals surface area (Å²) in [4.78, 5) is 2.14. The van der Waals surface area contributed by atoms with Crippen molar-refractivity contribution in [3.63, 3.8) is 0 Å². The van der Waals surface area contributed by atoms with E-state index in [0.717, 1.165) is 22.3 Å². The van der Waals surface area contributed by atoms with E-state index in [1.165, 1.54) is 0 Å². The van der Waals surface area contributed by atoms with Gasteiger partial charge in [0.1, 0.15) is 0 Å². The summed E-state index contributed by atoms with van der Waals surface area (Å²) in [7, 11) is 0. The summed E-state index contributed by atoms with van der Waals surface area (Å²) in [6.07, 6.45) is -0.494. The van der Waals surface area contributed by atoms with E-state index in [-0.39, 0.29) is 12.6 Å². The van der Waals surface area contributed by atoms with Gasteiger partial charge in [-0.2, -0.15) is 0 Å². The van der Waals surface area contributed by atoms with Gasteiger partial charge in [-0.15, -0.1) is 0 Å². The van der Waals surface area contributed by atoms with Crippen molar-refractivity contribution in [2.24, 2.45) is 0 Å². The van der Waals surface area contributed by atoms with E-state index in [1.807, 2.05) is 18.2 Å². The second-order valence-corrected chi connectivity index (χ2v) is 5.34. The Morgan fingerprint density at radius 3 is 2.94 bits per heavy atom. The van der Waals surface area contributed by atoms with Crippen LogP contribution < -0.4 is 4.90 Å². The highest BCUT2D eigenvalue weighted by molar-refractivity contribution is 9.10. The molecule has 18 heavy (non-hydrogen) atoms. The number of nitrogens with zero attached hydrogens (tertiary/aromatic N) is 1. The molecule has 1 fully saturated rings. The minimum absolute atomic E-state index is 0.00282. The lowest BCUT2D eigenvalue weighted by atomic mass is 10.1. The number of rotatable bonds is 3. The molecule has 0 amide bonds. The van der Waals surface area contributed by atoms with Gasteiger partial charge in [-0.05, 0) is 24.6 Å². The predicted octanol–water partition coefficient (Wildman–Crippen LogP) is 1.70. The summed E-state index contributed by atoms with van der Waals surface area (Å²) >= 11 is 3.48. The first kappa shape index (κ1) is 13.8. The molecule has 2 rings (SSSR count). The van der Waals surface area contributed by atoms with E-state index in [2.05, 4.69) is 20.8 Å². The van der Waals surface area contributed by atoms with Crippen molar-refractivity contribution >= 4 is 21.6 Å². The Morgan fingerprint density at radius 2 is 2.33 bits per heavy atom. The highest BCUT2D eigenvalue weighted by Crippen LogP contribution is 2.29. The summed E-state index contributed by atoms with van der Waals surface area (Å²) in [6.45, 7) is 3.81. The van der Waals surface area contributed by atoms with Crippen LogP contribution >= 0.6 is 15.9 Å². The Labute approximate surface area is 115 Å². The molecule has 0 aliphatic carbocycles. The number of halogens is 1. The number of hydrogen-bond acceptors (Lipinski definition) is 4. The van der Waals surface area contributed by atoms with E-state index in [1.54, 1.807) is 6.92 Å². The van der Waals surface area contributed by atoms with Crippen LogP contribution in [0.4, 0.5) is 5.69 Å². The van der Waals surface area contributed by atoms with Gasteiger partial charge < -0.3 is 19.8 Å². The molecule has 100 valence electrons. The molecule has 4 nitrogen and oxygen atoms in total. The summed E-state index contributed by atoms with van der Waals surface area (Å²) in [5.41, 5.74) is 1.90. The molecule has 1 aromatic rings. The fourth-order valence-corrected chi connectivity index (χ4v) is 2.88. The maximum atomic E-state index is 9.60. The smallest absolute Gasteiger partial charge is 0.0772 e. The minimum atomic E-state index is -0.494. The Kier molecular flexibility index (Phi) is 4.61. The lowest BCUT2D eigenvalue weighted by molar-refractivity contribution is 0.0727. The van der Waals surface area contributed by atoms with Gasteiger partial charge in [-0.25, -0.2) is 0 Å². The minimum Gasteiger partial charge on any atom is -0.394 e. The monoisotopic (exact) mass is 315 g/mol. The van der Waals surface area contributed by atoms with Crippen LogP contribution in [0.5, 0.6) is 0 Å². The first-order valence-corrected chi connectivity index (χ1v) is 6.85. The molecule has 1 saturated heterocycles. The van der Waals surface area contributed by atoms with Gasteiger partial charge >= 0.3 is 0 Å². The van der Waals surface area contributed by atoms with Crippen molar-refractivity contribution in [3.05, 3.63) is 28.2 Å². The third-order valence-corrected chi connectivity index (χ3v) is 3.89. The van der Waals surface area contributed by atoms with Crippen molar-refractivity contribution in [3.8, 4) is 0 Å². The average Bonchev–Trinajstić information content (AvgIpc) is 2.38. The molecule has 1 heterocycles. The van der Waals surface area contributed by atoms with Gasteiger partial charge in [-0.1, -0.05) is 22.0 Å². The maximum Gasteiger partial charge on any atom is 0.0772 e. The highest BCUT2D eigenvalue weighted by Gasteiger charge is 2.23. The maximum absolute atomic E-state index is 9.60. The van der Waals surface area contributed by atoms with Crippen molar-refractivity contribution in [2.75, 3.05) is 31.3 Å².